The van der Waals surface area contributed by atoms with Crippen molar-refractivity contribution in [3.05, 3.63) is 57.6 Å². The number of nitro groups is 1. The molecule has 2 rings (SSSR count). The first kappa shape index (κ1) is 14.6. The molecular formula is C15H16N2O4. The number of phenolic OH excluding ortho intramolecular Hbond substituents is 2. The Morgan fingerprint density at radius 2 is 1.76 bits per heavy atom. The van der Waals surface area contributed by atoms with Crippen LogP contribution in [0.15, 0.2) is 36.4 Å². The van der Waals surface area contributed by atoms with Gasteiger partial charge in [-0.2, -0.15) is 0 Å². The molecule has 0 aliphatic carbocycles. The van der Waals surface area contributed by atoms with Crippen molar-refractivity contribution in [1.29, 1.82) is 0 Å². The van der Waals surface area contributed by atoms with Crippen molar-refractivity contribution in [1.82, 2.24) is 0 Å². The molecule has 0 radical (unpaired) electrons. The zero-order valence-electron chi connectivity index (χ0n) is 11.7. The van der Waals surface area contributed by atoms with E-state index in [1.54, 1.807) is 19.1 Å². The Kier molecular flexibility index (Phi) is 3.98. The first-order valence-corrected chi connectivity index (χ1v) is 6.41. The molecule has 0 aromatic heterocycles. The van der Waals surface area contributed by atoms with Crippen LogP contribution in [0.4, 0.5) is 11.4 Å². The first-order chi connectivity index (χ1) is 9.86. The van der Waals surface area contributed by atoms with E-state index in [9.17, 15) is 20.3 Å². The van der Waals surface area contributed by atoms with Crippen molar-refractivity contribution in [2.24, 2.45) is 0 Å². The minimum Gasteiger partial charge on any atom is -0.508 e. The lowest BCUT2D eigenvalue weighted by atomic mass is 10.1. The van der Waals surface area contributed by atoms with E-state index < -0.39 is 4.92 Å². The lowest BCUT2D eigenvalue weighted by Gasteiger charge is -2.16. The van der Waals surface area contributed by atoms with Crippen LogP contribution in [0.25, 0.3) is 0 Å². The van der Waals surface area contributed by atoms with Gasteiger partial charge in [-0.1, -0.05) is 6.07 Å². The fraction of sp³-hybridized carbons (Fsp3) is 0.200. The Morgan fingerprint density at radius 1 is 1.14 bits per heavy atom. The van der Waals surface area contributed by atoms with Crippen LogP contribution >= 0.6 is 0 Å². The van der Waals surface area contributed by atoms with Gasteiger partial charge < -0.3 is 15.5 Å². The summed E-state index contributed by atoms with van der Waals surface area (Å²) in [5.41, 5.74) is 1.91. The molecule has 3 N–H and O–H groups in total. The van der Waals surface area contributed by atoms with E-state index in [1.807, 2.05) is 6.92 Å². The predicted molar refractivity (Wildman–Crippen MR) is 79.6 cm³/mol. The van der Waals surface area contributed by atoms with E-state index >= 15 is 0 Å². The summed E-state index contributed by atoms with van der Waals surface area (Å²) in [5, 5.41) is 33.1. The molecule has 6 nitrogen and oxygen atoms in total. The highest BCUT2D eigenvalue weighted by Crippen LogP contribution is 2.31. The van der Waals surface area contributed by atoms with E-state index in [1.165, 1.54) is 24.3 Å². The maximum absolute atomic E-state index is 11.0. The molecule has 110 valence electrons. The molecular weight excluding hydrogens is 272 g/mol. The van der Waals surface area contributed by atoms with Gasteiger partial charge in [0.15, 0.2) is 0 Å². The Balaban J connectivity index is 2.32. The molecule has 0 aliphatic rings. The summed E-state index contributed by atoms with van der Waals surface area (Å²) in [6.45, 7) is 3.64. The van der Waals surface area contributed by atoms with Crippen LogP contribution in [-0.4, -0.2) is 15.1 Å². The molecule has 1 unspecified atom stereocenters. The number of anilines is 1. The molecule has 0 spiro atoms. The van der Waals surface area contributed by atoms with E-state index in [4.69, 9.17) is 0 Å². The number of hydrogen-bond donors (Lipinski definition) is 3. The maximum atomic E-state index is 11.0. The molecule has 0 amide bonds. The van der Waals surface area contributed by atoms with Gasteiger partial charge >= 0.3 is 0 Å². The summed E-state index contributed by atoms with van der Waals surface area (Å²) >= 11 is 0. The highest BCUT2D eigenvalue weighted by Gasteiger charge is 2.16. The molecule has 2 aromatic carbocycles. The maximum Gasteiger partial charge on any atom is 0.292 e. The van der Waals surface area contributed by atoms with Crippen molar-refractivity contribution >= 4 is 11.4 Å². The SMILES string of the molecule is Cc1ccc([N+](=O)[O-])c(NC(C)c2cc(O)cc(O)c2)c1. The Morgan fingerprint density at radius 3 is 2.33 bits per heavy atom. The zero-order valence-corrected chi connectivity index (χ0v) is 11.7. The standard InChI is InChI=1S/C15H16N2O4/c1-9-3-4-15(17(20)21)14(5-9)16-10(2)11-6-12(18)8-13(19)7-11/h3-8,10,16,18-19H,1-2H3. The minimum atomic E-state index is -0.450. The topological polar surface area (TPSA) is 95.6 Å². The highest BCUT2D eigenvalue weighted by molar-refractivity contribution is 5.63. The average Bonchev–Trinajstić information content (AvgIpc) is 2.37. The number of aryl methyl sites for hydroxylation is 1. The highest BCUT2D eigenvalue weighted by atomic mass is 16.6. The molecule has 0 fully saturated rings. The molecule has 0 bridgehead atoms. The van der Waals surface area contributed by atoms with Crippen LogP contribution in [0, 0.1) is 17.0 Å². The van der Waals surface area contributed by atoms with Crippen LogP contribution in [0.1, 0.15) is 24.1 Å². The van der Waals surface area contributed by atoms with E-state index in [0.29, 0.717) is 11.3 Å². The third-order valence-electron chi connectivity index (χ3n) is 3.15. The predicted octanol–water partition coefficient (Wildman–Crippen LogP) is 3.49. The second kappa shape index (κ2) is 5.70. The van der Waals surface area contributed by atoms with Crippen LogP contribution in [-0.2, 0) is 0 Å². The number of nitro benzene ring substituents is 1. The average molecular weight is 288 g/mol. The largest absolute Gasteiger partial charge is 0.508 e. The number of phenols is 2. The normalized spacial score (nSPS) is 11.9. The Labute approximate surface area is 121 Å². The number of benzene rings is 2. The van der Waals surface area contributed by atoms with Crippen molar-refractivity contribution in [2.45, 2.75) is 19.9 Å². The van der Waals surface area contributed by atoms with Gasteiger partial charge in [0.05, 0.1) is 4.92 Å². The molecule has 6 heteroatoms. The third-order valence-corrected chi connectivity index (χ3v) is 3.15. The smallest absolute Gasteiger partial charge is 0.292 e. The first-order valence-electron chi connectivity index (χ1n) is 6.41. The van der Waals surface area contributed by atoms with E-state index in [-0.39, 0.29) is 23.2 Å². The van der Waals surface area contributed by atoms with Crippen molar-refractivity contribution in [2.75, 3.05) is 5.32 Å². The fourth-order valence-corrected chi connectivity index (χ4v) is 2.11. The van der Waals surface area contributed by atoms with E-state index in [0.717, 1.165) is 5.56 Å². The quantitative estimate of drug-likeness (QED) is 0.591. The number of hydrogen-bond acceptors (Lipinski definition) is 5. The van der Waals surface area contributed by atoms with Gasteiger partial charge in [-0.25, -0.2) is 0 Å². The van der Waals surface area contributed by atoms with Gasteiger partial charge in [-0.15, -0.1) is 0 Å². The number of nitrogens with one attached hydrogen (secondary N) is 1. The van der Waals surface area contributed by atoms with Gasteiger partial charge in [0.2, 0.25) is 0 Å². The lowest BCUT2D eigenvalue weighted by Crippen LogP contribution is -2.08. The van der Waals surface area contributed by atoms with Crippen molar-refractivity contribution in [3.8, 4) is 11.5 Å². The number of aromatic hydroxyl groups is 2. The summed E-state index contributed by atoms with van der Waals surface area (Å²) in [6, 6.07) is 8.72. The van der Waals surface area contributed by atoms with Crippen LogP contribution in [0.2, 0.25) is 0 Å². The van der Waals surface area contributed by atoms with Gasteiger partial charge in [0.25, 0.3) is 5.69 Å². The Hall–Kier alpha value is -2.76. The summed E-state index contributed by atoms with van der Waals surface area (Å²) in [7, 11) is 0. The van der Waals surface area contributed by atoms with Gasteiger partial charge in [-0.3, -0.25) is 10.1 Å². The van der Waals surface area contributed by atoms with Crippen molar-refractivity contribution in [3.63, 3.8) is 0 Å². The summed E-state index contributed by atoms with van der Waals surface area (Å²) in [5.74, 6) is -0.116. The van der Waals surface area contributed by atoms with Gasteiger partial charge in [0.1, 0.15) is 17.2 Å². The second-order valence-corrected chi connectivity index (χ2v) is 4.93. The van der Waals surface area contributed by atoms with Crippen LogP contribution < -0.4 is 5.32 Å². The molecule has 0 saturated carbocycles. The van der Waals surface area contributed by atoms with Crippen LogP contribution in [0.3, 0.4) is 0 Å². The third kappa shape index (κ3) is 3.42. The minimum absolute atomic E-state index is 0.0168. The fourth-order valence-electron chi connectivity index (χ4n) is 2.11. The summed E-state index contributed by atoms with van der Waals surface area (Å²) < 4.78 is 0. The second-order valence-electron chi connectivity index (χ2n) is 4.93. The zero-order chi connectivity index (χ0) is 15.6. The number of nitrogens with zero attached hydrogens (tertiary/aromatic N) is 1. The van der Waals surface area contributed by atoms with Crippen LogP contribution in [0.5, 0.6) is 11.5 Å². The molecule has 0 aliphatic heterocycles. The molecule has 0 heterocycles. The molecule has 1 atom stereocenters. The van der Waals surface area contributed by atoms with Gasteiger partial charge in [0, 0.05) is 18.2 Å². The Bertz CT molecular complexity index is 665. The van der Waals surface area contributed by atoms with Crippen molar-refractivity contribution < 1.29 is 15.1 Å². The van der Waals surface area contributed by atoms with E-state index in [2.05, 4.69) is 5.32 Å². The molecule has 0 saturated heterocycles. The summed E-state index contributed by atoms with van der Waals surface area (Å²) in [6.07, 6.45) is 0. The molecule has 2 aromatic rings. The lowest BCUT2D eigenvalue weighted by molar-refractivity contribution is -0.384. The number of rotatable bonds is 4. The van der Waals surface area contributed by atoms with Gasteiger partial charge in [-0.05, 0) is 43.2 Å². The summed E-state index contributed by atoms with van der Waals surface area (Å²) in [4.78, 5) is 10.6. The molecule has 21 heavy (non-hydrogen) atoms. The monoisotopic (exact) mass is 288 g/mol.